The highest BCUT2D eigenvalue weighted by atomic mass is 19.4. The molecule has 40 heavy (non-hydrogen) atoms. The van der Waals surface area contributed by atoms with E-state index in [1.807, 2.05) is 6.92 Å². The Morgan fingerprint density at radius 1 is 1.00 bits per heavy atom. The number of aromatic nitrogens is 3. The Kier molecular flexibility index (Phi) is 8.19. The highest BCUT2D eigenvalue weighted by Gasteiger charge is 2.32. The van der Waals surface area contributed by atoms with Crippen molar-refractivity contribution in [3.05, 3.63) is 47.3 Å². The fourth-order valence-electron chi connectivity index (χ4n) is 4.58. The molecule has 0 spiro atoms. The maximum atomic E-state index is 15.7. The number of likely N-dealkylation sites (N-methyl/N-ethyl adjacent to an activating group) is 1. The summed E-state index contributed by atoms with van der Waals surface area (Å²) in [7, 11) is 0. The van der Waals surface area contributed by atoms with Gasteiger partial charge in [-0.3, -0.25) is 9.36 Å². The van der Waals surface area contributed by atoms with Gasteiger partial charge in [0.05, 0.1) is 5.56 Å². The van der Waals surface area contributed by atoms with Crippen molar-refractivity contribution in [2.75, 3.05) is 44.2 Å². The number of anilines is 1. The number of alkyl halides is 3. The molecule has 216 valence electrons. The fourth-order valence-corrected chi connectivity index (χ4v) is 4.58. The van der Waals surface area contributed by atoms with Crippen molar-refractivity contribution in [2.24, 2.45) is 0 Å². The highest BCUT2D eigenvalue weighted by molar-refractivity contribution is 5.92. The zero-order valence-electron chi connectivity index (χ0n) is 22.1. The van der Waals surface area contributed by atoms with Gasteiger partial charge in [-0.15, -0.1) is 10.2 Å². The largest absolute Gasteiger partial charge is 0.508 e. The number of halogens is 5. The van der Waals surface area contributed by atoms with Crippen LogP contribution in [0.25, 0.3) is 17.1 Å². The van der Waals surface area contributed by atoms with Crippen LogP contribution < -0.4 is 10.2 Å². The van der Waals surface area contributed by atoms with E-state index >= 15 is 8.78 Å². The van der Waals surface area contributed by atoms with Crippen molar-refractivity contribution in [1.82, 2.24) is 25.0 Å². The van der Waals surface area contributed by atoms with Crippen LogP contribution in [0.1, 0.15) is 42.9 Å². The van der Waals surface area contributed by atoms with Gasteiger partial charge < -0.3 is 25.3 Å². The van der Waals surface area contributed by atoms with Crippen LogP contribution in [0.2, 0.25) is 0 Å². The molecule has 0 aliphatic carbocycles. The van der Waals surface area contributed by atoms with Gasteiger partial charge in [-0.25, -0.2) is 8.78 Å². The van der Waals surface area contributed by atoms with Gasteiger partial charge >= 0.3 is 6.18 Å². The van der Waals surface area contributed by atoms with E-state index in [2.05, 4.69) is 15.1 Å². The fraction of sp³-hybridized carbons (Fsp3) is 0.423. The standard InChI is InChI=1S/C26H29F5N6O3/c1-4-35-5-7-36(8-6-35)15-9-18(27)22(19(28)10-15)37-23(17-11-16(14(2)3)20(38)12-21(17)39)33-34-24(37)25(40)32-13-26(29,30)31/h9-12,14,38-39H,4-8,13H2,1-3H3,(H,32,40). The zero-order valence-corrected chi connectivity index (χ0v) is 22.1. The van der Waals surface area contributed by atoms with E-state index in [4.69, 9.17) is 0 Å². The first-order chi connectivity index (χ1) is 18.8. The quantitative estimate of drug-likeness (QED) is 0.367. The lowest BCUT2D eigenvalue weighted by Gasteiger charge is -2.35. The molecule has 0 bridgehead atoms. The summed E-state index contributed by atoms with van der Waals surface area (Å²) in [6.45, 7) is 7.06. The first-order valence-corrected chi connectivity index (χ1v) is 12.6. The summed E-state index contributed by atoms with van der Waals surface area (Å²) >= 11 is 0. The average molecular weight is 569 g/mol. The number of hydrogen-bond acceptors (Lipinski definition) is 7. The molecule has 14 heteroatoms. The second-order valence-electron chi connectivity index (χ2n) is 9.74. The minimum absolute atomic E-state index is 0.151. The number of nitrogens with zero attached hydrogens (tertiary/aromatic N) is 5. The summed E-state index contributed by atoms with van der Waals surface area (Å²) in [5.41, 5.74) is -0.371. The highest BCUT2D eigenvalue weighted by Crippen LogP contribution is 2.39. The van der Waals surface area contributed by atoms with Gasteiger partial charge in [0.15, 0.2) is 17.5 Å². The minimum atomic E-state index is -4.76. The normalized spacial score (nSPS) is 14.7. The van der Waals surface area contributed by atoms with Gasteiger partial charge in [0, 0.05) is 37.9 Å². The number of rotatable bonds is 7. The van der Waals surface area contributed by atoms with E-state index in [1.165, 1.54) is 6.07 Å². The molecule has 1 amide bonds. The molecular weight excluding hydrogens is 539 g/mol. The van der Waals surface area contributed by atoms with Gasteiger partial charge in [0.2, 0.25) is 5.82 Å². The molecule has 0 atom stereocenters. The number of phenols is 2. The summed E-state index contributed by atoms with van der Waals surface area (Å²) in [4.78, 5) is 16.7. The zero-order chi connectivity index (χ0) is 29.4. The lowest BCUT2D eigenvalue weighted by atomic mass is 9.98. The average Bonchev–Trinajstić information content (AvgIpc) is 3.30. The smallest absolute Gasteiger partial charge is 0.405 e. The van der Waals surface area contributed by atoms with Crippen molar-refractivity contribution in [3.63, 3.8) is 0 Å². The summed E-state index contributed by atoms with van der Waals surface area (Å²) < 4.78 is 70.4. The number of phenolic OH excluding ortho intramolecular Hbond substituents is 2. The molecule has 9 nitrogen and oxygen atoms in total. The van der Waals surface area contributed by atoms with E-state index in [-0.39, 0.29) is 22.9 Å². The SMILES string of the molecule is CCN1CCN(c2cc(F)c(-n3c(C(=O)NCC(F)(F)F)nnc3-c3cc(C(C)C)c(O)cc3O)c(F)c2)CC1. The molecule has 3 aromatic rings. The van der Waals surface area contributed by atoms with Crippen LogP contribution in [0, 0.1) is 11.6 Å². The maximum Gasteiger partial charge on any atom is 0.405 e. The Bertz CT molecular complexity index is 1380. The monoisotopic (exact) mass is 568 g/mol. The molecule has 0 radical (unpaired) electrons. The second kappa shape index (κ2) is 11.3. The molecular formula is C26H29F5N6O3. The summed E-state index contributed by atoms with van der Waals surface area (Å²) in [6.07, 6.45) is -4.76. The number of nitrogens with one attached hydrogen (secondary N) is 1. The van der Waals surface area contributed by atoms with E-state index in [0.29, 0.717) is 36.3 Å². The number of carbonyl (C=O) groups is 1. The Morgan fingerprint density at radius 3 is 2.17 bits per heavy atom. The van der Waals surface area contributed by atoms with Crippen LogP contribution in [-0.2, 0) is 0 Å². The Labute approximate surface area is 226 Å². The Morgan fingerprint density at radius 2 is 1.62 bits per heavy atom. The summed E-state index contributed by atoms with van der Waals surface area (Å²) in [6, 6.07) is 4.44. The first-order valence-electron chi connectivity index (χ1n) is 12.6. The van der Waals surface area contributed by atoms with Crippen LogP contribution in [0.3, 0.4) is 0 Å². The minimum Gasteiger partial charge on any atom is -0.508 e. The molecule has 0 saturated carbocycles. The first kappa shape index (κ1) is 29.1. The van der Waals surface area contributed by atoms with Gasteiger partial charge in [-0.1, -0.05) is 20.8 Å². The number of aromatic hydroxyl groups is 2. The maximum absolute atomic E-state index is 15.7. The van der Waals surface area contributed by atoms with Crippen molar-refractivity contribution in [3.8, 4) is 28.6 Å². The molecule has 3 N–H and O–H groups in total. The number of carbonyl (C=O) groups excluding carboxylic acids is 1. The summed E-state index contributed by atoms with van der Waals surface area (Å²) in [5, 5.41) is 29.9. The van der Waals surface area contributed by atoms with E-state index in [9.17, 15) is 28.2 Å². The van der Waals surface area contributed by atoms with Gasteiger partial charge in [-0.2, -0.15) is 13.2 Å². The third-order valence-electron chi connectivity index (χ3n) is 6.73. The Hall–Kier alpha value is -3.94. The van der Waals surface area contributed by atoms with Gasteiger partial charge in [0.1, 0.15) is 23.7 Å². The number of benzene rings is 2. The lowest BCUT2D eigenvalue weighted by Crippen LogP contribution is -2.46. The molecule has 1 aliphatic heterocycles. The van der Waals surface area contributed by atoms with Crippen LogP contribution >= 0.6 is 0 Å². The summed E-state index contributed by atoms with van der Waals surface area (Å²) in [5.74, 6) is -5.96. The molecule has 2 aromatic carbocycles. The Balaban J connectivity index is 1.86. The predicted octanol–water partition coefficient (Wildman–Crippen LogP) is 4.18. The molecule has 1 saturated heterocycles. The van der Waals surface area contributed by atoms with E-state index in [1.54, 1.807) is 24.1 Å². The van der Waals surface area contributed by atoms with Crippen LogP contribution in [0.4, 0.5) is 27.6 Å². The van der Waals surface area contributed by atoms with E-state index in [0.717, 1.165) is 24.7 Å². The molecule has 0 unspecified atom stereocenters. The van der Waals surface area contributed by atoms with Crippen molar-refractivity contribution in [2.45, 2.75) is 32.9 Å². The lowest BCUT2D eigenvalue weighted by molar-refractivity contribution is -0.123. The van der Waals surface area contributed by atoms with Crippen molar-refractivity contribution >= 4 is 11.6 Å². The van der Waals surface area contributed by atoms with E-state index < -0.39 is 53.3 Å². The number of hydrogen-bond donors (Lipinski definition) is 3. The van der Waals surface area contributed by atoms with Crippen molar-refractivity contribution < 1.29 is 37.0 Å². The number of piperazine rings is 1. The second-order valence-corrected chi connectivity index (χ2v) is 9.74. The van der Waals surface area contributed by atoms with Crippen LogP contribution in [0.15, 0.2) is 24.3 Å². The van der Waals surface area contributed by atoms with Crippen LogP contribution in [-0.4, -0.2) is 81.2 Å². The molecule has 1 aliphatic rings. The number of amides is 1. The van der Waals surface area contributed by atoms with Gasteiger partial charge in [-0.05, 0) is 36.2 Å². The molecule has 1 aromatic heterocycles. The van der Waals surface area contributed by atoms with Gasteiger partial charge in [0.25, 0.3) is 5.91 Å². The predicted molar refractivity (Wildman–Crippen MR) is 137 cm³/mol. The molecule has 4 rings (SSSR count). The molecule has 1 fully saturated rings. The third kappa shape index (κ3) is 5.96. The third-order valence-corrected chi connectivity index (χ3v) is 6.73. The molecule has 2 heterocycles. The van der Waals surface area contributed by atoms with Crippen LogP contribution in [0.5, 0.6) is 11.5 Å². The topological polar surface area (TPSA) is 107 Å². The van der Waals surface area contributed by atoms with Crippen molar-refractivity contribution in [1.29, 1.82) is 0 Å².